The van der Waals surface area contributed by atoms with Crippen LogP contribution >= 0.6 is 0 Å². The van der Waals surface area contributed by atoms with Gasteiger partial charge in [-0.15, -0.1) is 0 Å². The Bertz CT molecular complexity index is 545. The summed E-state index contributed by atoms with van der Waals surface area (Å²) in [5, 5.41) is 0. The predicted molar refractivity (Wildman–Crippen MR) is 78.2 cm³/mol. The molecule has 0 aromatic heterocycles. The van der Waals surface area contributed by atoms with E-state index < -0.39 is 10.0 Å². The maximum atomic E-state index is 12.5. The normalized spacial score (nSPS) is 24.1. The average molecular weight is 298 g/mol. The van der Waals surface area contributed by atoms with Gasteiger partial charge in [0.15, 0.2) is 0 Å². The Hall–Kier alpha value is -1.11. The minimum atomic E-state index is -3.61. The van der Waals surface area contributed by atoms with E-state index >= 15 is 0 Å². The molecular weight excluding hydrogens is 276 g/mol. The molecule has 1 fully saturated rings. The molecule has 0 aliphatic heterocycles. The van der Waals surface area contributed by atoms with E-state index in [1.807, 2.05) is 0 Å². The van der Waals surface area contributed by atoms with Crippen LogP contribution in [0.3, 0.4) is 0 Å². The predicted octanol–water partition coefficient (Wildman–Crippen LogP) is 1.63. The zero-order valence-electron chi connectivity index (χ0n) is 11.7. The topological polar surface area (TPSA) is 81.4 Å². The molecule has 1 aromatic carbocycles. The fourth-order valence-corrected chi connectivity index (χ4v) is 4.08. The summed E-state index contributed by atoms with van der Waals surface area (Å²) in [7, 11) is -2.14. The fourth-order valence-electron chi connectivity index (χ4n) is 2.59. The van der Waals surface area contributed by atoms with Gasteiger partial charge in [0, 0.05) is 12.1 Å². The third-order valence-electron chi connectivity index (χ3n) is 3.73. The Morgan fingerprint density at radius 1 is 1.20 bits per heavy atom. The first-order valence-electron chi connectivity index (χ1n) is 6.95. The number of para-hydroxylation sites is 1. The quantitative estimate of drug-likeness (QED) is 0.828. The summed E-state index contributed by atoms with van der Waals surface area (Å²) in [5.41, 5.74) is 6.08. The maximum absolute atomic E-state index is 12.5. The summed E-state index contributed by atoms with van der Waals surface area (Å²) < 4.78 is 32.8. The first-order valence-corrected chi connectivity index (χ1v) is 8.44. The lowest BCUT2D eigenvalue weighted by Gasteiger charge is -2.23. The Morgan fingerprint density at radius 3 is 2.65 bits per heavy atom. The number of hydrogen-bond donors (Lipinski definition) is 2. The van der Waals surface area contributed by atoms with Crippen LogP contribution in [0, 0.1) is 0 Å². The highest BCUT2D eigenvalue weighted by Gasteiger charge is 2.27. The number of nitrogens with one attached hydrogen (secondary N) is 1. The van der Waals surface area contributed by atoms with E-state index in [9.17, 15) is 8.42 Å². The number of rotatable bonds is 4. The Balaban J connectivity index is 2.22. The first-order chi connectivity index (χ1) is 9.54. The van der Waals surface area contributed by atoms with E-state index in [1.165, 1.54) is 7.11 Å². The summed E-state index contributed by atoms with van der Waals surface area (Å²) in [4.78, 5) is 0.166. The molecule has 1 aliphatic carbocycles. The number of ether oxygens (including phenoxy) is 1. The van der Waals surface area contributed by atoms with Gasteiger partial charge in [0.1, 0.15) is 10.6 Å². The van der Waals surface area contributed by atoms with Gasteiger partial charge in [0.25, 0.3) is 0 Å². The van der Waals surface area contributed by atoms with Gasteiger partial charge in [-0.2, -0.15) is 0 Å². The Morgan fingerprint density at radius 2 is 1.90 bits per heavy atom. The van der Waals surface area contributed by atoms with Crippen LogP contribution in [0.25, 0.3) is 0 Å². The van der Waals surface area contributed by atoms with E-state index in [0.717, 1.165) is 32.1 Å². The second-order valence-electron chi connectivity index (χ2n) is 5.18. The molecule has 1 aliphatic rings. The van der Waals surface area contributed by atoms with Crippen molar-refractivity contribution in [3.05, 3.63) is 24.3 Å². The van der Waals surface area contributed by atoms with Gasteiger partial charge in [-0.1, -0.05) is 31.4 Å². The lowest BCUT2D eigenvalue weighted by atomic mass is 10.1. The van der Waals surface area contributed by atoms with E-state index in [-0.39, 0.29) is 17.0 Å². The van der Waals surface area contributed by atoms with Crippen LogP contribution in [0.4, 0.5) is 0 Å². The van der Waals surface area contributed by atoms with E-state index in [1.54, 1.807) is 24.3 Å². The Labute approximate surface area is 120 Å². The fraction of sp³-hybridized carbons (Fsp3) is 0.571. The molecule has 0 saturated heterocycles. The second kappa shape index (κ2) is 6.56. The Kier molecular flexibility index (Phi) is 5.01. The standard InChI is InChI=1S/C14H22N2O3S/c1-19-13-9-5-6-10-14(13)20(17,18)16-12-8-4-2-3-7-11(12)15/h5-6,9-12,16H,2-4,7-8,15H2,1H3. The van der Waals surface area contributed by atoms with Crippen LogP contribution in [0.1, 0.15) is 32.1 Å². The molecule has 112 valence electrons. The van der Waals surface area contributed by atoms with Crippen LogP contribution in [-0.2, 0) is 10.0 Å². The molecule has 3 N–H and O–H groups in total. The van der Waals surface area contributed by atoms with Crippen molar-refractivity contribution >= 4 is 10.0 Å². The number of nitrogens with two attached hydrogens (primary N) is 1. The molecule has 2 unspecified atom stereocenters. The second-order valence-corrected chi connectivity index (χ2v) is 6.86. The third kappa shape index (κ3) is 3.50. The van der Waals surface area contributed by atoms with Crippen LogP contribution in [0.2, 0.25) is 0 Å². The van der Waals surface area contributed by atoms with Crippen molar-refractivity contribution in [2.45, 2.75) is 49.1 Å². The van der Waals surface area contributed by atoms with Crippen LogP contribution in [0.5, 0.6) is 5.75 Å². The highest BCUT2D eigenvalue weighted by Crippen LogP contribution is 2.24. The zero-order valence-corrected chi connectivity index (χ0v) is 12.5. The van der Waals surface area contributed by atoms with E-state index in [4.69, 9.17) is 10.5 Å². The molecule has 6 heteroatoms. The average Bonchev–Trinajstić information content (AvgIpc) is 2.64. The smallest absolute Gasteiger partial charge is 0.244 e. The molecule has 1 saturated carbocycles. The van der Waals surface area contributed by atoms with Gasteiger partial charge in [-0.25, -0.2) is 13.1 Å². The van der Waals surface area contributed by atoms with Gasteiger partial charge < -0.3 is 10.5 Å². The molecule has 0 amide bonds. The lowest BCUT2D eigenvalue weighted by molar-refractivity contribution is 0.400. The number of hydrogen-bond acceptors (Lipinski definition) is 4. The van der Waals surface area contributed by atoms with Gasteiger partial charge in [-0.05, 0) is 25.0 Å². The van der Waals surface area contributed by atoms with Gasteiger partial charge in [0.2, 0.25) is 10.0 Å². The molecule has 5 nitrogen and oxygen atoms in total. The number of benzene rings is 1. The van der Waals surface area contributed by atoms with Crippen molar-refractivity contribution in [2.24, 2.45) is 5.73 Å². The minimum Gasteiger partial charge on any atom is -0.495 e. The van der Waals surface area contributed by atoms with Gasteiger partial charge >= 0.3 is 0 Å². The summed E-state index contributed by atoms with van der Waals surface area (Å²) in [6, 6.07) is 6.29. The van der Waals surface area contributed by atoms with Crippen molar-refractivity contribution in [1.82, 2.24) is 4.72 Å². The molecule has 0 radical (unpaired) electrons. The van der Waals surface area contributed by atoms with E-state index in [2.05, 4.69) is 4.72 Å². The molecular formula is C14H22N2O3S. The van der Waals surface area contributed by atoms with Crippen molar-refractivity contribution in [2.75, 3.05) is 7.11 Å². The summed E-state index contributed by atoms with van der Waals surface area (Å²) >= 11 is 0. The van der Waals surface area contributed by atoms with Crippen molar-refractivity contribution in [1.29, 1.82) is 0 Å². The molecule has 2 atom stereocenters. The SMILES string of the molecule is COc1ccccc1S(=O)(=O)NC1CCCCCC1N. The maximum Gasteiger partial charge on any atom is 0.244 e. The van der Waals surface area contributed by atoms with E-state index in [0.29, 0.717) is 5.75 Å². The third-order valence-corrected chi connectivity index (χ3v) is 5.26. The summed E-state index contributed by atoms with van der Waals surface area (Å²) in [6.45, 7) is 0. The molecule has 0 bridgehead atoms. The lowest BCUT2D eigenvalue weighted by Crippen LogP contribution is -2.46. The molecule has 0 spiro atoms. The molecule has 0 heterocycles. The minimum absolute atomic E-state index is 0.123. The molecule has 20 heavy (non-hydrogen) atoms. The van der Waals surface area contributed by atoms with Crippen LogP contribution < -0.4 is 15.2 Å². The number of methoxy groups -OCH3 is 1. The van der Waals surface area contributed by atoms with Crippen molar-refractivity contribution < 1.29 is 13.2 Å². The highest BCUT2D eigenvalue weighted by atomic mass is 32.2. The summed E-state index contributed by atoms with van der Waals surface area (Å²) in [5.74, 6) is 0.349. The van der Waals surface area contributed by atoms with Crippen LogP contribution in [-0.4, -0.2) is 27.6 Å². The monoisotopic (exact) mass is 298 g/mol. The number of sulfonamides is 1. The highest BCUT2D eigenvalue weighted by molar-refractivity contribution is 7.89. The molecule has 1 aromatic rings. The van der Waals surface area contributed by atoms with Gasteiger partial charge in [0.05, 0.1) is 7.11 Å². The van der Waals surface area contributed by atoms with Crippen molar-refractivity contribution in [3.63, 3.8) is 0 Å². The molecule has 2 rings (SSSR count). The largest absolute Gasteiger partial charge is 0.495 e. The van der Waals surface area contributed by atoms with Crippen LogP contribution in [0.15, 0.2) is 29.2 Å². The van der Waals surface area contributed by atoms with Crippen molar-refractivity contribution in [3.8, 4) is 5.75 Å². The first kappa shape index (κ1) is 15.3. The summed E-state index contributed by atoms with van der Waals surface area (Å²) in [6.07, 6.45) is 4.83. The zero-order chi connectivity index (χ0) is 14.6. The van der Waals surface area contributed by atoms with Gasteiger partial charge in [-0.3, -0.25) is 0 Å².